The maximum atomic E-state index is 14.4. The summed E-state index contributed by atoms with van der Waals surface area (Å²) in [7, 11) is 0. The second-order valence-electron chi connectivity index (χ2n) is 13.6. The van der Waals surface area contributed by atoms with Gasteiger partial charge in [-0.1, -0.05) is 64.1 Å². The molecule has 1 aromatic carbocycles. The molecule has 2 heterocycles. The van der Waals surface area contributed by atoms with Gasteiger partial charge in [-0.2, -0.15) is 0 Å². The summed E-state index contributed by atoms with van der Waals surface area (Å²) in [5, 5.41) is 17.5. The van der Waals surface area contributed by atoms with Crippen LogP contribution in [0.3, 0.4) is 0 Å². The number of likely N-dealkylation sites (tertiary alicyclic amines) is 1. The SMILES string of the molecule is CC(NC(=O)[C@@H](N)CO)C1=CCC(=O)N([C@@H](Cc2ccccc2)C(=O)N2CCC[C@H]2C(=O)N[C@H](C(=O)N[C@H](C(N)=O)C(C)C)C(C)C)CC1. The molecule has 0 bridgehead atoms. The van der Waals surface area contributed by atoms with E-state index in [1.807, 2.05) is 30.3 Å². The van der Waals surface area contributed by atoms with E-state index in [-0.39, 0.29) is 43.0 Å². The molecule has 49 heavy (non-hydrogen) atoms. The van der Waals surface area contributed by atoms with E-state index in [1.54, 1.807) is 45.6 Å². The van der Waals surface area contributed by atoms with Crippen molar-refractivity contribution >= 4 is 35.4 Å². The van der Waals surface area contributed by atoms with Crippen molar-refractivity contribution in [1.82, 2.24) is 25.8 Å². The Morgan fingerprint density at radius 1 is 0.918 bits per heavy atom. The lowest BCUT2D eigenvalue weighted by molar-refractivity contribution is -0.148. The predicted molar refractivity (Wildman–Crippen MR) is 183 cm³/mol. The van der Waals surface area contributed by atoms with Gasteiger partial charge in [-0.15, -0.1) is 0 Å². The summed E-state index contributed by atoms with van der Waals surface area (Å²) in [6.07, 6.45) is 3.32. The molecule has 0 aromatic heterocycles. The highest BCUT2D eigenvalue weighted by molar-refractivity contribution is 5.96. The van der Waals surface area contributed by atoms with E-state index < -0.39 is 66.5 Å². The highest BCUT2D eigenvalue weighted by Crippen LogP contribution is 2.25. The number of nitrogens with one attached hydrogen (secondary N) is 3. The third kappa shape index (κ3) is 10.3. The van der Waals surface area contributed by atoms with E-state index in [9.17, 15) is 33.9 Å². The maximum Gasteiger partial charge on any atom is 0.246 e. The van der Waals surface area contributed by atoms with E-state index in [0.717, 1.165) is 11.1 Å². The van der Waals surface area contributed by atoms with Crippen LogP contribution in [0.15, 0.2) is 42.0 Å². The summed E-state index contributed by atoms with van der Waals surface area (Å²) >= 11 is 0. The largest absolute Gasteiger partial charge is 0.394 e. The van der Waals surface area contributed by atoms with Crippen molar-refractivity contribution < 1.29 is 33.9 Å². The molecule has 14 heteroatoms. The van der Waals surface area contributed by atoms with E-state index >= 15 is 0 Å². The van der Waals surface area contributed by atoms with Crippen LogP contribution >= 0.6 is 0 Å². The quantitative estimate of drug-likeness (QED) is 0.135. The number of benzene rings is 1. The monoisotopic (exact) mass is 683 g/mol. The average molecular weight is 684 g/mol. The van der Waals surface area contributed by atoms with Crippen molar-refractivity contribution in [3.63, 3.8) is 0 Å². The Balaban J connectivity index is 1.82. The smallest absolute Gasteiger partial charge is 0.246 e. The minimum atomic E-state index is -1.07. The normalized spacial score (nSPS) is 19.7. The number of carbonyl (C=O) groups excluding carboxylic acids is 6. The van der Waals surface area contributed by atoms with Crippen LogP contribution in [0.25, 0.3) is 0 Å². The number of aliphatic hydroxyl groups is 1. The van der Waals surface area contributed by atoms with Crippen molar-refractivity contribution in [2.45, 2.75) is 103 Å². The molecule has 1 saturated heterocycles. The summed E-state index contributed by atoms with van der Waals surface area (Å²) in [6.45, 7) is 8.84. The molecule has 8 N–H and O–H groups in total. The molecule has 1 aromatic rings. The lowest BCUT2D eigenvalue weighted by Gasteiger charge is -2.35. The van der Waals surface area contributed by atoms with Crippen LogP contribution in [0.5, 0.6) is 0 Å². The molecule has 270 valence electrons. The molecular weight excluding hydrogens is 630 g/mol. The number of nitrogens with zero attached hydrogens (tertiary/aromatic N) is 2. The van der Waals surface area contributed by atoms with Gasteiger partial charge < -0.3 is 42.3 Å². The molecule has 0 spiro atoms. The van der Waals surface area contributed by atoms with E-state index in [0.29, 0.717) is 25.8 Å². The summed E-state index contributed by atoms with van der Waals surface area (Å²) in [4.78, 5) is 82.3. The number of amides is 6. The van der Waals surface area contributed by atoms with Crippen molar-refractivity contribution in [2.75, 3.05) is 19.7 Å². The summed E-state index contributed by atoms with van der Waals surface area (Å²) < 4.78 is 0. The zero-order chi connectivity index (χ0) is 36.4. The zero-order valence-corrected chi connectivity index (χ0v) is 29.2. The molecule has 0 saturated carbocycles. The number of hydrogen-bond donors (Lipinski definition) is 6. The van der Waals surface area contributed by atoms with Gasteiger partial charge in [-0.05, 0) is 49.2 Å². The Morgan fingerprint density at radius 3 is 2.16 bits per heavy atom. The van der Waals surface area contributed by atoms with Crippen LogP contribution < -0.4 is 27.4 Å². The molecule has 1 fully saturated rings. The summed E-state index contributed by atoms with van der Waals surface area (Å²) in [5.74, 6) is -3.43. The maximum absolute atomic E-state index is 14.4. The van der Waals surface area contributed by atoms with E-state index in [4.69, 9.17) is 11.5 Å². The first-order valence-corrected chi connectivity index (χ1v) is 17.1. The van der Waals surface area contributed by atoms with Crippen molar-refractivity contribution in [3.8, 4) is 0 Å². The fraction of sp³-hybridized carbons (Fsp3) is 0.600. The number of hydrogen-bond acceptors (Lipinski definition) is 8. The number of rotatable bonds is 15. The Morgan fingerprint density at radius 2 is 1.57 bits per heavy atom. The van der Waals surface area contributed by atoms with Crippen LogP contribution in [-0.4, -0.2) is 106 Å². The number of aliphatic hydroxyl groups excluding tert-OH is 1. The van der Waals surface area contributed by atoms with Gasteiger partial charge in [0.15, 0.2) is 0 Å². The Bertz CT molecular complexity index is 1380. The zero-order valence-electron chi connectivity index (χ0n) is 29.2. The van der Waals surface area contributed by atoms with E-state index in [1.165, 1.54) is 4.90 Å². The molecule has 0 aliphatic carbocycles. The summed E-state index contributed by atoms with van der Waals surface area (Å²) in [6, 6.07) is 4.16. The van der Waals surface area contributed by atoms with E-state index in [2.05, 4.69) is 16.0 Å². The first kappa shape index (κ1) is 39.1. The van der Waals surface area contributed by atoms with Crippen molar-refractivity contribution in [1.29, 1.82) is 0 Å². The highest BCUT2D eigenvalue weighted by Gasteiger charge is 2.42. The van der Waals surface area contributed by atoms with Gasteiger partial charge in [0.25, 0.3) is 0 Å². The molecule has 1 unspecified atom stereocenters. The minimum Gasteiger partial charge on any atom is -0.394 e. The van der Waals surface area contributed by atoms with Crippen LogP contribution in [0, 0.1) is 11.8 Å². The van der Waals surface area contributed by atoms with Crippen LogP contribution in [0.2, 0.25) is 0 Å². The molecule has 0 radical (unpaired) electrons. The molecule has 6 atom stereocenters. The topological polar surface area (TPSA) is 217 Å². The van der Waals surface area contributed by atoms with Crippen molar-refractivity contribution in [2.24, 2.45) is 23.3 Å². The second-order valence-corrected chi connectivity index (χ2v) is 13.6. The van der Waals surface area contributed by atoms with Crippen LogP contribution in [0.4, 0.5) is 0 Å². The van der Waals surface area contributed by atoms with Gasteiger partial charge in [0, 0.05) is 32.0 Å². The summed E-state index contributed by atoms with van der Waals surface area (Å²) in [5.41, 5.74) is 12.8. The average Bonchev–Trinajstić information content (AvgIpc) is 3.48. The molecule has 2 aliphatic heterocycles. The molecule has 14 nitrogen and oxygen atoms in total. The fourth-order valence-corrected chi connectivity index (χ4v) is 6.29. The molecule has 3 rings (SSSR count). The Hall–Kier alpha value is -4.30. The van der Waals surface area contributed by atoms with Gasteiger partial charge in [-0.3, -0.25) is 28.8 Å². The van der Waals surface area contributed by atoms with Crippen LogP contribution in [-0.2, 0) is 35.2 Å². The fourth-order valence-electron chi connectivity index (χ4n) is 6.29. The standard InChI is InChI=1S/C35H53N7O7/c1-20(2)29(31(37)45)39-34(48)30(21(3)4)40-33(47)26-12-9-16-42(26)35(49)27(18-23-10-7-6-8-11-23)41-17-15-24(13-14-28(41)44)22(5)38-32(46)25(36)19-43/h6-8,10-11,13,20-22,25-27,29-30,43H,9,12,14-19,36H2,1-5H3,(H2,37,45)(H,38,46)(H,39,48)(H,40,47)/t22?,25-,26-,27-,29-,30-/m0/s1. The first-order chi connectivity index (χ1) is 23.2. The second kappa shape index (κ2) is 17.9. The number of primary amides is 1. The number of nitrogens with two attached hydrogens (primary N) is 2. The van der Waals surface area contributed by atoms with Crippen LogP contribution in [0.1, 0.15) is 65.9 Å². The third-order valence-electron chi connectivity index (χ3n) is 9.24. The lowest BCUT2D eigenvalue weighted by atomic mass is 9.99. The third-order valence-corrected chi connectivity index (χ3v) is 9.24. The first-order valence-electron chi connectivity index (χ1n) is 17.1. The highest BCUT2D eigenvalue weighted by atomic mass is 16.3. The minimum absolute atomic E-state index is 0.0118. The predicted octanol–water partition coefficient (Wildman–Crippen LogP) is -0.271. The van der Waals surface area contributed by atoms with Gasteiger partial charge >= 0.3 is 0 Å². The number of carbonyl (C=O) groups is 6. The Labute approximate surface area is 288 Å². The van der Waals surface area contributed by atoms with Crippen molar-refractivity contribution in [3.05, 3.63) is 47.5 Å². The Kier molecular flexibility index (Phi) is 14.3. The lowest BCUT2D eigenvalue weighted by Crippen LogP contribution is -2.59. The molecule has 2 aliphatic rings. The molecule has 6 amide bonds. The van der Waals surface area contributed by atoms with Gasteiger partial charge in [0.2, 0.25) is 35.4 Å². The van der Waals surface area contributed by atoms with Gasteiger partial charge in [-0.25, -0.2) is 0 Å². The van der Waals surface area contributed by atoms with Gasteiger partial charge in [0.1, 0.15) is 30.2 Å². The van der Waals surface area contributed by atoms with Gasteiger partial charge in [0.05, 0.1) is 6.61 Å². The molecular formula is C35H53N7O7.